The zero-order valence-electron chi connectivity index (χ0n) is 18.8. The van der Waals surface area contributed by atoms with Crippen LogP contribution in [0.15, 0.2) is 64.3 Å². The quantitative estimate of drug-likeness (QED) is 0.604. The Labute approximate surface area is 194 Å². The molecule has 2 aliphatic rings. The van der Waals surface area contributed by atoms with Gasteiger partial charge in [0.05, 0.1) is 4.90 Å². The minimum absolute atomic E-state index is 0.00314. The predicted molar refractivity (Wildman–Crippen MR) is 131 cm³/mol. The van der Waals surface area contributed by atoms with Crippen molar-refractivity contribution in [2.45, 2.75) is 36.1 Å². The number of benzene rings is 2. The minimum atomic E-state index is -3.41. The molecule has 0 aliphatic carbocycles. The molecule has 0 bridgehead atoms. The number of piperidine rings is 1. The molecule has 8 heteroatoms. The van der Waals surface area contributed by atoms with Crippen LogP contribution in [0.25, 0.3) is 10.8 Å². The summed E-state index contributed by atoms with van der Waals surface area (Å²) in [6, 6.07) is 17.6. The number of H-pyrrole nitrogens is 1. The van der Waals surface area contributed by atoms with Crippen LogP contribution in [0, 0.1) is 0 Å². The first kappa shape index (κ1) is 22.1. The first-order valence-corrected chi connectivity index (χ1v) is 13.1. The molecule has 2 saturated heterocycles. The van der Waals surface area contributed by atoms with Gasteiger partial charge in [0, 0.05) is 48.4 Å². The number of nitrogens with one attached hydrogen (secondary N) is 2. The van der Waals surface area contributed by atoms with Crippen molar-refractivity contribution in [2.75, 3.05) is 38.1 Å². The van der Waals surface area contributed by atoms with Crippen molar-refractivity contribution < 1.29 is 8.42 Å². The van der Waals surface area contributed by atoms with Crippen LogP contribution in [0.2, 0.25) is 0 Å². The fourth-order valence-electron chi connectivity index (χ4n) is 5.27. The van der Waals surface area contributed by atoms with Gasteiger partial charge in [-0.1, -0.05) is 18.2 Å². The van der Waals surface area contributed by atoms with Crippen molar-refractivity contribution in [2.24, 2.45) is 0 Å². The van der Waals surface area contributed by atoms with Gasteiger partial charge in [-0.05, 0) is 74.6 Å². The maximum atomic E-state index is 12.5. The first-order chi connectivity index (χ1) is 15.9. The number of likely N-dealkylation sites (tertiary alicyclic amines) is 1. The maximum Gasteiger partial charge on any atom is 0.256 e. The highest BCUT2D eigenvalue weighted by Gasteiger charge is 2.32. The standard InChI is InChI=1S/C25H30N4O3S/c1-26-33(31,32)22-8-6-20(7-9-22)28-14-11-21(12-15-28)29-13-10-19(17-29)24-16-18-4-2-3-5-23(18)25(30)27-24/h2-9,16,19,21,26H,10-15,17H2,1H3,(H,27,30). The summed E-state index contributed by atoms with van der Waals surface area (Å²) in [6.07, 6.45) is 3.23. The van der Waals surface area contributed by atoms with Gasteiger partial charge in [0.15, 0.2) is 0 Å². The van der Waals surface area contributed by atoms with E-state index in [-0.39, 0.29) is 5.56 Å². The van der Waals surface area contributed by atoms with Gasteiger partial charge >= 0.3 is 0 Å². The largest absolute Gasteiger partial charge is 0.371 e. The van der Waals surface area contributed by atoms with Crippen molar-refractivity contribution in [3.05, 3.63) is 70.6 Å². The van der Waals surface area contributed by atoms with Crippen LogP contribution in [0.4, 0.5) is 5.69 Å². The molecule has 2 fully saturated rings. The summed E-state index contributed by atoms with van der Waals surface area (Å²) in [6.45, 7) is 3.95. The van der Waals surface area contributed by atoms with E-state index in [1.807, 2.05) is 36.4 Å². The van der Waals surface area contributed by atoms with E-state index in [4.69, 9.17) is 0 Å². The lowest BCUT2D eigenvalue weighted by atomic mass is 10.0. The number of hydrogen-bond donors (Lipinski definition) is 2. The molecule has 174 valence electrons. The molecule has 0 spiro atoms. The highest BCUT2D eigenvalue weighted by molar-refractivity contribution is 7.89. The van der Waals surface area contributed by atoms with E-state index < -0.39 is 10.0 Å². The van der Waals surface area contributed by atoms with E-state index in [0.717, 1.165) is 67.6 Å². The number of rotatable bonds is 5. The zero-order valence-corrected chi connectivity index (χ0v) is 19.6. The minimum Gasteiger partial charge on any atom is -0.371 e. The second kappa shape index (κ2) is 8.93. The molecule has 2 N–H and O–H groups in total. The Kier molecular flexibility index (Phi) is 5.99. The van der Waals surface area contributed by atoms with Crippen LogP contribution in [0.1, 0.15) is 30.9 Å². The predicted octanol–water partition coefficient (Wildman–Crippen LogP) is 2.89. The third kappa shape index (κ3) is 4.43. The van der Waals surface area contributed by atoms with Crippen LogP contribution >= 0.6 is 0 Å². The molecule has 5 rings (SSSR count). The van der Waals surface area contributed by atoms with Crippen LogP contribution in [-0.2, 0) is 10.0 Å². The van der Waals surface area contributed by atoms with E-state index in [9.17, 15) is 13.2 Å². The molecule has 3 heterocycles. The number of nitrogens with zero attached hydrogens (tertiary/aromatic N) is 2. The number of hydrogen-bond acceptors (Lipinski definition) is 5. The molecule has 3 aromatic rings. The molecule has 33 heavy (non-hydrogen) atoms. The Hall–Kier alpha value is -2.68. The van der Waals surface area contributed by atoms with Crippen molar-refractivity contribution in [1.82, 2.24) is 14.6 Å². The summed E-state index contributed by atoms with van der Waals surface area (Å²) in [4.78, 5) is 20.8. The van der Waals surface area contributed by atoms with Crippen LogP contribution in [-0.4, -0.2) is 57.6 Å². The molecule has 0 amide bonds. The molecule has 0 saturated carbocycles. The van der Waals surface area contributed by atoms with Crippen molar-refractivity contribution in [3.63, 3.8) is 0 Å². The lowest BCUT2D eigenvalue weighted by Gasteiger charge is -2.38. The molecule has 7 nitrogen and oxygen atoms in total. The molecule has 2 aliphatic heterocycles. The molecule has 0 radical (unpaired) electrons. The van der Waals surface area contributed by atoms with Gasteiger partial charge in [-0.25, -0.2) is 13.1 Å². The molecule has 2 aromatic carbocycles. The van der Waals surface area contributed by atoms with Gasteiger partial charge in [0.1, 0.15) is 0 Å². The second-order valence-corrected chi connectivity index (χ2v) is 10.9. The van der Waals surface area contributed by atoms with Gasteiger partial charge < -0.3 is 9.88 Å². The normalized spacial score (nSPS) is 20.5. The second-order valence-electron chi connectivity index (χ2n) is 9.04. The topological polar surface area (TPSA) is 85.5 Å². The molecule has 1 aromatic heterocycles. The summed E-state index contributed by atoms with van der Waals surface area (Å²) >= 11 is 0. The Morgan fingerprint density at radius 2 is 1.70 bits per heavy atom. The van der Waals surface area contributed by atoms with Gasteiger partial charge in [0.2, 0.25) is 10.0 Å². The van der Waals surface area contributed by atoms with Crippen LogP contribution in [0.3, 0.4) is 0 Å². The zero-order chi connectivity index (χ0) is 23.0. The van der Waals surface area contributed by atoms with Gasteiger partial charge in [0.25, 0.3) is 5.56 Å². The summed E-state index contributed by atoms with van der Waals surface area (Å²) in [7, 11) is -1.98. The van der Waals surface area contributed by atoms with Crippen molar-refractivity contribution in [3.8, 4) is 0 Å². The summed E-state index contributed by atoms with van der Waals surface area (Å²) in [5, 5.41) is 1.76. The monoisotopic (exact) mass is 466 g/mol. The Balaban J connectivity index is 1.21. The van der Waals surface area contributed by atoms with Gasteiger partial charge in [-0.2, -0.15) is 0 Å². The Morgan fingerprint density at radius 3 is 2.42 bits per heavy atom. The maximum absolute atomic E-state index is 12.5. The average molecular weight is 467 g/mol. The SMILES string of the molecule is CNS(=O)(=O)c1ccc(N2CCC(N3CCC(c4cc5ccccc5c(=O)[nH]4)C3)CC2)cc1. The summed E-state index contributed by atoms with van der Waals surface area (Å²) in [5.41, 5.74) is 2.12. The average Bonchev–Trinajstić information content (AvgIpc) is 3.35. The van der Waals surface area contributed by atoms with Gasteiger partial charge in [-0.15, -0.1) is 0 Å². The van der Waals surface area contributed by atoms with Crippen LogP contribution in [0.5, 0.6) is 0 Å². The molecular weight excluding hydrogens is 436 g/mol. The molecular formula is C25H30N4O3S. The Morgan fingerprint density at radius 1 is 0.970 bits per heavy atom. The fourth-order valence-corrected chi connectivity index (χ4v) is 6.00. The highest BCUT2D eigenvalue weighted by atomic mass is 32.2. The number of aromatic amines is 1. The number of sulfonamides is 1. The fraction of sp³-hybridized carbons (Fsp3) is 0.400. The number of anilines is 1. The van der Waals surface area contributed by atoms with Crippen molar-refractivity contribution in [1.29, 1.82) is 0 Å². The van der Waals surface area contributed by atoms with E-state index in [2.05, 4.69) is 25.6 Å². The molecule has 1 unspecified atom stereocenters. The van der Waals surface area contributed by atoms with E-state index in [0.29, 0.717) is 16.9 Å². The third-order valence-corrected chi connectivity index (χ3v) is 8.63. The van der Waals surface area contributed by atoms with Crippen LogP contribution < -0.4 is 15.2 Å². The lowest BCUT2D eigenvalue weighted by molar-refractivity contribution is 0.205. The lowest BCUT2D eigenvalue weighted by Crippen LogP contribution is -2.44. The number of pyridine rings is 1. The van der Waals surface area contributed by atoms with Crippen molar-refractivity contribution >= 4 is 26.5 Å². The van der Waals surface area contributed by atoms with E-state index in [1.165, 1.54) is 7.05 Å². The first-order valence-electron chi connectivity index (χ1n) is 11.6. The molecule has 1 atom stereocenters. The number of fused-ring (bicyclic) bond motifs is 1. The third-order valence-electron chi connectivity index (χ3n) is 7.20. The van der Waals surface area contributed by atoms with Gasteiger partial charge in [-0.3, -0.25) is 9.69 Å². The highest BCUT2D eigenvalue weighted by Crippen LogP contribution is 2.31. The smallest absolute Gasteiger partial charge is 0.256 e. The number of aromatic nitrogens is 1. The van der Waals surface area contributed by atoms with E-state index in [1.54, 1.807) is 12.1 Å². The Bertz CT molecular complexity index is 1300. The summed E-state index contributed by atoms with van der Waals surface area (Å²) in [5.74, 6) is 0.363. The summed E-state index contributed by atoms with van der Waals surface area (Å²) < 4.78 is 26.2. The van der Waals surface area contributed by atoms with E-state index >= 15 is 0 Å².